The van der Waals surface area contributed by atoms with Gasteiger partial charge in [0.1, 0.15) is 0 Å². The minimum absolute atomic E-state index is 0.0746. The van der Waals surface area contributed by atoms with Crippen molar-refractivity contribution in [2.45, 2.75) is 6.54 Å². The summed E-state index contributed by atoms with van der Waals surface area (Å²) in [6.45, 7) is 4.10. The first-order valence-corrected chi connectivity index (χ1v) is 14.1. The summed E-state index contributed by atoms with van der Waals surface area (Å²) >= 11 is 12.1. The topological polar surface area (TPSA) is 73.0 Å². The number of amides is 1. The zero-order valence-electron chi connectivity index (χ0n) is 20.1. The van der Waals surface area contributed by atoms with Gasteiger partial charge in [-0.05, 0) is 67.2 Å². The van der Waals surface area contributed by atoms with Gasteiger partial charge in [0.25, 0.3) is 5.91 Å². The van der Waals surface area contributed by atoms with Crippen LogP contribution in [0.15, 0.2) is 66.7 Å². The standard InChI is InChI=1S/C26H28Cl2N4O3S/c1-30-11-13-31(14-12-30)24-9-7-23(8-10-24)29-26(33)20-5-3-19(4-6-20)18-32(36(2,34)35)25-16-21(27)15-22(28)17-25/h3-10,15-17H,11-14,18H2,1-2H3,(H,29,33). The molecule has 0 radical (unpaired) electrons. The number of piperazine rings is 1. The zero-order chi connectivity index (χ0) is 25.9. The highest BCUT2D eigenvalue weighted by Crippen LogP contribution is 2.28. The maximum absolute atomic E-state index is 12.8. The van der Waals surface area contributed by atoms with Crippen molar-refractivity contribution in [1.29, 1.82) is 0 Å². The Bertz CT molecular complexity index is 1300. The summed E-state index contributed by atoms with van der Waals surface area (Å²) in [5, 5.41) is 3.60. The van der Waals surface area contributed by atoms with Gasteiger partial charge < -0.3 is 15.1 Å². The van der Waals surface area contributed by atoms with Crippen molar-refractivity contribution >= 4 is 56.2 Å². The number of carbonyl (C=O) groups excluding carboxylic acids is 1. The Morgan fingerprint density at radius 2 is 1.50 bits per heavy atom. The molecule has 0 atom stereocenters. The van der Waals surface area contributed by atoms with Crippen molar-refractivity contribution in [2.75, 3.05) is 54.0 Å². The molecule has 4 rings (SSSR count). The third-order valence-electron chi connectivity index (χ3n) is 6.07. The Hall–Kier alpha value is -2.78. The average Bonchev–Trinajstić information content (AvgIpc) is 2.82. The van der Waals surface area contributed by atoms with Crippen molar-refractivity contribution in [3.8, 4) is 0 Å². The maximum atomic E-state index is 12.8. The molecule has 36 heavy (non-hydrogen) atoms. The number of hydrogen-bond donors (Lipinski definition) is 1. The molecule has 7 nitrogen and oxygen atoms in total. The lowest BCUT2D eigenvalue weighted by atomic mass is 10.1. The molecular formula is C26H28Cl2N4O3S. The Morgan fingerprint density at radius 1 is 0.917 bits per heavy atom. The molecule has 1 aliphatic rings. The van der Waals surface area contributed by atoms with Gasteiger partial charge in [0.15, 0.2) is 0 Å². The lowest BCUT2D eigenvalue weighted by Crippen LogP contribution is -2.44. The zero-order valence-corrected chi connectivity index (χ0v) is 22.4. The summed E-state index contributed by atoms with van der Waals surface area (Å²) in [4.78, 5) is 17.4. The molecule has 0 aliphatic carbocycles. The van der Waals surface area contributed by atoms with Gasteiger partial charge in [0, 0.05) is 53.2 Å². The third kappa shape index (κ3) is 6.70. The smallest absolute Gasteiger partial charge is 0.255 e. The van der Waals surface area contributed by atoms with Crippen molar-refractivity contribution in [2.24, 2.45) is 0 Å². The fraction of sp³-hybridized carbons (Fsp3) is 0.269. The number of halogens is 2. The molecule has 0 aromatic heterocycles. The Labute approximate surface area is 222 Å². The molecule has 190 valence electrons. The number of carbonyl (C=O) groups is 1. The number of sulfonamides is 1. The van der Waals surface area contributed by atoms with E-state index in [1.165, 1.54) is 4.31 Å². The fourth-order valence-corrected chi connectivity index (χ4v) is 5.42. The molecule has 0 unspecified atom stereocenters. The predicted molar refractivity (Wildman–Crippen MR) is 148 cm³/mol. The van der Waals surface area contributed by atoms with Crippen LogP contribution in [-0.4, -0.2) is 58.7 Å². The van der Waals surface area contributed by atoms with E-state index < -0.39 is 10.0 Å². The van der Waals surface area contributed by atoms with Crippen LogP contribution in [0.25, 0.3) is 0 Å². The van der Waals surface area contributed by atoms with E-state index in [0.717, 1.165) is 38.1 Å². The lowest BCUT2D eigenvalue weighted by Gasteiger charge is -2.34. The molecule has 0 spiro atoms. The van der Waals surface area contributed by atoms with Gasteiger partial charge in [-0.15, -0.1) is 0 Å². The number of nitrogens with one attached hydrogen (secondary N) is 1. The second-order valence-electron chi connectivity index (χ2n) is 8.89. The first-order chi connectivity index (χ1) is 17.1. The summed E-state index contributed by atoms with van der Waals surface area (Å²) in [5.41, 5.74) is 3.41. The summed E-state index contributed by atoms with van der Waals surface area (Å²) in [6, 6.07) is 19.3. The molecule has 0 saturated carbocycles. The molecule has 10 heteroatoms. The Balaban J connectivity index is 1.42. The van der Waals surface area contributed by atoms with E-state index in [1.54, 1.807) is 42.5 Å². The van der Waals surface area contributed by atoms with E-state index in [-0.39, 0.29) is 12.5 Å². The number of benzene rings is 3. The van der Waals surface area contributed by atoms with Crippen molar-refractivity contribution in [1.82, 2.24) is 4.90 Å². The first kappa shape index (κ1) is 26.3. The summed E-state index contributed by atoms with van der Waals surface area (Å²) in [6.07, 6.45) is 1.12. The largest absolute Gasteiger partial charge is 0.369 e. The molecular weight excluding hydrogens is 519 g/mol. The minimum Gasteiger partial charge on any atom is -0.369 e. The lowest BCUT2D eigenvalue weighted by molar-refractivity contribution is 0.102. The van der Waals surface area contributed by atoms with Gasteiger partial charge in [-0.25, -0.2) is 8.42 Å². The molecule has 0 bridgehead atoms. The first-order valence-electron chi connectivity index (χ1n) is 11.5. The van der Waals surface area contributed by atoms with E-state index in [9.17, 15) is 13.2 Å². The molecule has 1 fully saturated rings. The third-order valence-corrected chi connectivity index (χ3v) is 7.65. The van der Waals surface area contributed by atoms with Crippen LogP contribution in [0.5, 0.6) is 0 Å². The Kier molecular flexibility index (Phi) is 8.10. The predicted octanol–water partition coefficient (Wildman–Crippen LogP) is 4.96. The quantitative estimate of drug-likeness (QED) is 0.453. The van der Waals surface area contributed by atoms with E-state index >= 15 is 0 Å². The highest BCUT2D eigenvalue weighted by atomic mass is 35.5. The summed E-state index contributed by atoms with van der Waals surface area (Å²) in [5.74, 6) is -0.240. The van der Waals surface area contributed by atoms with E-state index in [2.05, 4.69) is 22.2 Å². The highest BCUT2D eigenvalue weighted by Gasteiger charge is 2.19. The van der Waals surface area contributed by atoms with Gasteiger partial charge in [-0.1, -0.05) is 35.3 Å². The SMILES string of the molecule is CN1CCN(c2ccc(NC(=O)c3ccc(CN(c4cc(Cl)cc(Cl)c4)S(C)(=O)=O)cc3)cc2)CC1. The minimum atomic E-state index is -3.60. The van der Waals surface area contributed by atoms with E-state index in [4.69, 9.17) is 23.2 Å². The Morgan fingerprint density at radius 3 is 2.06 bits per heavy atom. The van der Waals surface area contributed by atoms with Crippen molar-refractivity contribution in [3.63, 3.8) is 0 Å². The molecule has 1 aliphatic heterocycles. The van der Waals surface area contributed by atoms with E-state index in [1.807, 2.05) is 24.3 Å². The van der Waals surface area contributed by atoms with Crippen molar-refractivity contribution < 1.29 is 13.2 Å². The number of nitrogens with zero attached hydrogens (tertiary/aromatic N) is 3. The van der Waals surface area contributed by atoms with Gasteiger partial charge in [0.05, 0.1) is 18.5 Å². The van der Waals surface area contributed by atoms with Crippen molar-refractivity contribution in [3.05, 3.63) is 87.9 Å². The normalized spacial score (nSPS) is 14.5. The maximum Gasteiger partial charge on any atom is 0.255 e. The van der Waals surface area contributed by atoms with Crippen LogP contribution < -0.4 is 14.5 Å². The monoisotopic (exact) mass is 546 g/mol. The number of anilines is 3. The molecule has 1 amide bonds. The number of likely N-dealkylation sites (N-methyl/N-ethyl adjacent to an activating group) is 1. The molecule has 1 N–H and O–H groups in total. The van der Waals surface area contributed by atoms with Crippen LogP contribution in [0.2, 0.25) is 10.0 Å². The average molecular weight is 548 g/mol. The van der Waals surface area contributed by atoms with Gasteiger partial charge in [-0.2, -0.15) is 0 Å². The number of hydrogen-bond acceptors (Lipinski definition) is 5. The van der Waals surface area contributed by atoms with Crippen LogP contribution in [0.1, 0.15) is 15.9 Å². The second kappa shape index (κ2) is 11.1. The van der Waals surface area contributed by atoms with E-state index in [0.29, 0.717) is 32.5 Å². The van der Waals surface area contributed by atoms with Crippen LogP contribution in [0, 0.1) is 0 Å². The van der Waals surface area contributed by atoms with Gasteiger partial charge >= 0.3 is 0 Å². The van der Waals surface area contributed by atoms with Crippen LogP contribution in [-0.2, 0) is 16.6 Å². The van der Waals surface area contributed by atoms with Crippen LogP contribution in [0.3, 0.4) is 0 Å². The second-order valence-corrected chi connectivity index (χ2v) is 11.7. The molecule has 3 aromatic carbocycles. The van der Waals surface area contributed by atoms with Crippen LogP contribution >= 0.6 is 23.2 Å². The fourth-order valence-electron chi connectivity index (χ4n) is 4.03. The highest BCUT2D eigenvalue weighted by molar-refractivity contribution is 7.92. The summed E-state index contributed by atoms with van der Waals surface area (Å²) in [7, 11) is -1.48. The van der Waals surface area contributed by atoms with Gasteiger partial charge in [-0.3, -0.25) is 9.10 Å². The summed E-state index contributed by atoms with van der Waals surface area (Å²) < 4.78 is 26.1. The molecule has 1 saturated heterocycles. The molecule has 3 aromatic rings. The van der Waals surface area contributed by atoms with Crippen LogP contribution in [0.4, 0.5) is 17.1 Å². The number of rotatable bonds is 7. The molecule has 1 heterocycles. The van der Waals surface area contributed by atoms with Gasteiger partial charge in [0.2, 0.25) is 10.0 Å².